The zero-order valence-corrected chi connectivity index (χ0v) is 6.19. The molecule has 0 aromatic carbocycles. The SMILES string of the molecule is O=C(O)O.[KH].[Pb]. The van der Waals surface area contributed by atoms with Crippen molar-refractivity contribution in [3.05, 3.63) is 0 Å². The molecule has 0 bridgehead atoms. The zero-order valence-electron chi connectivity index (χ0n) is 2.30. The molecule has 30 valence electrons. The summed E-state index contributed by atoms with van der Waals surface area (Å²) in [4.78, 5) is 8.56. The summed E-state index contributed by atoms with van der Waals surface area (Å²) in [7, 11) is 0. The Morgan fingerprint density at radius 2 is 1.33 bits per heavy atom. The summed E-state index contributed by atoms with van der Waals surface area (Å²) in [6.07, 6.45) is -1.83. The van der Waals surface area contributed by atoms with Crippen molar-refractivity contribution in [3.8, 4) is 0 Å². The van der Waals surface area contributed by atoms with Gasteiger partial charge in [0.15, 0.2) is 0 Å². The number of hydrogen-bond acceptors (Lipinski definition) is 1. The van der Waals surface area contributed by atoms with Crippen molar-refractivity contribution >= 4 is 84.8 Å². The van der Waals surface area contributed by atoms with Gasteiger partial charge in [0.2, 0.25) is 0 Å². The van der Waals surface area contributed by atoms with E-state index in [1.165, 1.54) is 0 Å². The van der Waals surface area contributed by atoms with Gasteiger partial charge >= 0.3 is 57.5 Å². The molecule has 0 heterocycles. The molecule has 0 saturated heterocycles. The average molecular weight is 309 g/mol. The van der Waals surface area contributed by atoms with Crippen LogP contribution >= 0.6 is 0 Å². The van der Waals surface area contributed by atoms with E-state index in [1.807, 2.05) is 0 Å². The maximum absolute atomic E-state index is 8.56. The van der Waals surface area contributed by atoms with Crippen LogP contribution in [0.1, 0.15) is 0 Å². The predicted molar refractivity (Wildman–Crippen MR) is 23.6 cm³/mol. The van der Waals surface area contributed by atoms with Crippen molar-refractivity contribution in [3.63, 3.8) is 0 Å². The summed E-state index contributed by atoms with van der Waals surface area (Å²) in [5.74, 6) is 0. The molecular weight excluding hydrogens is 306 g/mol. The first-order valence-corrected chi connectivity index (χ1v) is 0.651. The van der Waals surface area contributed by atoms with Crippen molar-refractivity contribution < 1.29 is 15.0 Å². The standard InChI is InChI=1S/CH2O3.K.Pb.H/c2-1(3)4;;;/h(H2,2,3,4);;;. The van der Waals surface area contributed by atoms with E-state index in [2.05, 4.69) is 0 Å². The normalized spacial score (nSPS) is 4.00. The molecule has 6 heavy (non-hydrogen) atoms. The third-order valence-corrected chi connectivity index (χ3v) is 0. The van der Waals surface area contributed by atoms with Crippen LogP contribution in [0.25, 0.3) is 0 Å². The molecule has 0 saturated carbocycles. The molecule has 0 spiro atoms. The Morgan fingerprint density at radius 3 is 1.33 bits per heavy atom. The molecule has 0 amide bonds. The van der Waals surface area contributed by atoms with Crippen LogP contribution in [0.3, 0.4) is 0 Å². The molecule has 5 heteroatoms. The minimum Gasteiger partial charge on any atom is 0 e. The topological polar surface area (TPSA) is 57.5 Å². The van der Waals surface area contributed by atoms with Gasteiger partial charge in [-0.2, -0.15) is 0 Å². The van der Waals surface area contributed by atoms with Gasteiger partial charge in [0, 0.05) is 27.3 Å². The maximum Gasteiger partial charge on any atom is 0 e. The van der Waals surface area contributed by atoms with Gasteiger partial charge in [0.1, 0.15) is 0 Å². The molecule has 0 rings (SSSR count). The van der Waals surface area contributed by atoms with Gasteiger partial charge in [0.25, 0.3) is 0 Å². The Bertz CT molecular complexity index is 33.8. The van der Waals surface area contributed by atoms with E-state index in [-0.39, 0.29) is 78.7 Å². The van der Waals surface area contributed by atoms with Gasteiger partial charge < -0.3 is 10.2 Å². The first-order valence-electron chi connectivity index (χ1n) is 0.651. The van der Waals surface area contributed by atoms with Gasteiger partial charge in [0.05, 0.1) is 0 Å². The second-order valence-electron chi connectivity index (χ2n) is 0.283. The monoisotopic (exact) mass is 310 g/mol. The molecule has 4 radical (unpaired) electrons. The van der Waals surface area contributed by atoms with Gasteiger partial charge in [-0.1, -0.05) is 0 Å². The molecule has 0 aliphatic rings. The fourth-order valence-electron chi connectivity index (χ4n) is 0. The Hall–Kier alpha value is 1.83. The maximum atomic E-state index is 8.56. The average Bonchev–Trinajstić information content (AvgIpc) is 0.811. The first kappa shape index (κ1) is 15.7. The molecular formula is CH3KO3Pb. The molecule has 3 nitrogen and oxygen atoms in total. The molecule has 0 aliphatic heterocycles. The molecule has 0 aromatic heterocycles. The van der Waals surface area contributed by atoms with Crippen LogP contribution in [0.5, 0.6) is 0 Å². The van der Waals surface area contributed by atoms with Crippen LogP contribution in [0, 0.1) is 0 Å². The van der Waals surface area contributed by atoms with Gasteiger partial charge in [-0.25, -0.2) is 4.79 Å². The second kappa shape index (κ2) is 9.95. The molecule has 0 unspecified atom stereocenters. The number of carboxylic acid groups (broad SMARTS) is 2. The Labute approximate surface area is 97.7 Å². The van der Waals surface area contributed by atoms with Crippen LogP contribution in [0.15, 0.2) is 0 Å². The number of rotatable bonds is 0. The Morgan fingerprint density at radius 1 is 1.33 bits per heavy atom. The fourth-order valence-corrected chi connectivity index (χ4v) is 0. The van der Waals surface area contributed by atoms with E-state index >= 15 is 0 Å². The summed E-state index contributed by atoms with van der Waals surface area (Å²) in [5, 5.41) is 13.9. The van der Waals surface area contributed by atoms with E-state index < -0.39 is 6.16 Å². The molecule has 0 aliphatic carbocycles. The minimum atomic E-state index is -1.83. The van der Waals surface area contributed by atoms with Crippen LogP contribution in [-0.2, 0) is 0 Å². The summed E-state index contributed by atoms with van der Waals surface area (Å²) >= 11 is 0. The first-order chi connectivity index (χ1) is 1.73. The van der Waals surface area contributed by atoms with Crippen molar-refractivity contribution in [1.82, 2.24) is 0 Å². The molecule has 2 N–H and O–H groups in total. The van der Waals surface area contributed by atoms with E-state index in [0.717, 1.165) is 0 Å². The van der Waals surface area contributed by atoms with Gasteiger partial charge in [-0.05, 0) is 0 Å². The van der Waals surface area contributed by atoms with E-state index in [1.54, 1.807) is 0 Å². The summed E-state index contributed by atoms with van der Waals surface area (Å²) < 4.78 is 0. The van der Waals surface area contributed by atoms with Crippen LogP contribution in [0.4, 0.5) is 4.79 Å². The van der Waals surface area contributed by atoms with Crippen molar-refractivity contribution in [2.24, 2.45) is 0 Å². The smallest absolute Gasteiger partial charge is 0 e. The molecule has 0 atom stereocenters. The van der Waals surface area contributed by atoms with Gasteiger partial charge in [-0.15, -0.1) is 0 Å². The second-order valence-corrected chi connectivity index (χ2v) is 0.283. The largest absolute Gasteiger partial charge is 0 e. The fraction of sp³-hybridized carbons (Fsp3) is 0. The third kappa shape index (κ3) is 40.6. The minimum absolute atomic E-state index is 0. The number of carbonyl (C=O) groups is 1. The summed E-state index contributed by atoms with van der Waals surface area (Å²) in [5.41, 5.74) is 0. The number of hydrogen-bond donors (Lipinski definition) is 2. The van der Waals surface area contributed by atoms with E-state index in [4.69, 9.17) is 15.0 Å². The Balaban J connectivity index is -0.0000000450. The predicted octanol–water partition coefficient (Wildman–Crippen LogP) is -0.807. The van der Waals surface area contributed by atoms with Crippen molar-refractivity contribution in [2.75, 3.05) is 0 Å². The van der Waals surface area contributed by atoms with E-state index in [0.29, 0.717) is 0 Å². The summed E-state index contributed by atoms with van der Waals surface area (Å²) in [6, 6.07) is 0. The quantitative estimate of drug-likeness (QED) is 0.576. The van der Waals surface area contributed by atoms with Crippen LogP contribution in [-0.4, -0.2) is 95.1 Å². The van der Waals surface area contributed by atoms with Crippen LogP contribution in [0.2, 0.25) is 0 Å². The zero-order chi connectivity index (χ0) is 3.58. The van der Waals surface area contributed by atoms with E-state index in [9.17, 15) is 0 Å². The summed E-state index contributed by atoms with van der Waals surface area (Å²) in [6.45, 7) is 0. The van der Waals surface area contributed by atoms with Crippen molar-refractivity contribution in [1.29, 1.82) is 0 Å². The molecule has 0 aromatic rings. The molecule has 0 fully saturated rings. The van der Waals surface area contributed by atoms with Crippen LogP contribution < -0.4 is 0 Å². The van der Waals surface area contributed by atoms with Crippen molar-refractivity contribution in [2.45, 2.75) is 0 Å². The van der Waals surface area contributed by atoms with Gasteiger partial charge in [-0.3, -0.25) is 0 Å². The third-order valence-electron chi connectivity index (χ3n) is 0. The Kier molecular flexibility index (Phi) is 26.0.